The van der Waals surface area contributed by atoms with Crippen LogP contribution in [0.3, 0.4) is 0 Å². The van der Waals surface area contributed by atoms with Crippen LogP contribution < -0.4 is 5.32 Å². The van der Waals surface area contributed by atoms with Gasteiger partial charge in [0.1, 0.15) is 0 Å². The van der Waals surface area contributed by atoms with Crippen LogP contribution in [0.2, 0.25) is 0 Å². The number of fused-ring (bicyclic) bond motifs is 1. The molecule has 3 rings (SSSR count). The van der Waals surface area contributed by atoms with Crippen molar-refractivity contribution in [2.24, 2.45) is 0 Å². The Kier molecular flexibility index (Phi) is 5.05. The van der Waals surface area contributed by atoms with Crippen LogP contribution in [-0.4, -0.2) is 37.8 Å². The Morgan fingerprint density at radius 2 is 2.36 bits per heavy atom. The zero-order valence-electron chi connectivity index (χ0n) is 12.4. The molecule has 1 aliphatic carbocycles. The fourth-order valence-electron chi connectivity index (χ4n) is 2.45. The molecule has 0 atom stereocenters. The molecule has 1 N–H and O–H groups in total. The lowest BCUT2D eigenvalue weighted by atomic mass is 9.97. The van der Waals surface area contributed by atoms with Crippen LogP contribution in [0.5, 0.6) is 0 Å². The molecular weight excluding hydrogens is 298 g/mol. The van der Waals surface area contributed by atoms with Crippen LogP contribution >= 0.6 is 11.8 Å². The topological polar surface area (TPSA) is 72.2 Å². The first-order valence-corrected chi connectivity index (χ1v) is 8.54. The van der Waals surface area contributed by atoms with E-state index in [0.717, 1.165) is 6.42 Å². The van der Waals surface area contributed by atoms with Gasteiger partial charge in [0, 0.05) is 18.9 Å². The predicted octanol–water partition coefficient (Wildman–Crippen LogP) is 2.22. The number of thioether (sulfide) groups is 1. The lowest BCUT2D eigenvalue weighted by molar-refractivity contribution is -0.118. The maximum atomic E-state index is 11.8. The van der Waals surface area contributed by atoms with Crippen LogP contribution in [0.25, 0.3) is 5.78 Å². The summed E-state index contributed by atoms with van der Waals surface area (Å²) in [5, 5.41) is 7.78. The molecule has 22 heavy (non-hydrogen) atoms. The average molecular weight is 317 g/mol. The lowest BCUT2D eigenvalue weighted by Crippen LogP contribution is -2.26. The fourth-order valence-corrected chi connectivity index (χ4v) is 3.10. The van der Waals surface area contributed by atoms with Crippen molar-refractivity contribution in [1.82, 2.24) is 24.9 Å². The highest BCUT2D eigenvalue weighted by Gasteiger charge is 2.09. The van der Waals surface area contributed by atoms with Gasteiger partial charge in [-0.05, 0) is 38.2 Å². The number of rotatable bonds is 6. The van der Waals surface area contributed by atoms with Gasteiger partial charge in [-0.2, -0.15) is 4.98 Å². The second-order valence-electron chi connectivity index (χ2n) is 5.26. The summed E-state index contributed by atoms with van der Waals surface area (Å²) in [5.41, 5.74) is 1.48. The molecule has 1 amide bonds. The van der Waals surface area contributed by atoms with Crippen molar-refractivity contribution in [3.8, 4) is 0 Å². The van der Waals surface area contributed by atoms with Gasteiger partial charge in [0.25, 0.3) is 5.78 Å². The summed E-state index contributed by atoms with van der Waals surface area (Å²) in [6, 6.07) is 1.79. The molecule has 2 heterocycles. The van der Waals surface area contributed by atoms with Gasteiger partial charge in [-0.1, -0.05) is 23.4 Å². The summed E-state index contributed by atoms with van der Waals surface area (Å²) in [7, 11) is 0. The van der Waals surface area contributed by atoms with E-state index in [1.165, 1.54) is 43.0 Å². The van der Waals surface area contributed by atoms with Gasteiger partial charge in [0.05, 0.1) is 5.75 Å². The third-order valence-electron chi connectivity index (χ3n) is 3.58. The van der Waals surface area contributed by atoms with E-state index < -0.39 is 0 Å². The minimum Gasteiger partial charge on any atom is -0.355 e. The molecule has 2 aromatic heterocycles. The number of carbonyl (C=O) groups excluding carboxylic acids is 1. The molecule has 1 aliphatic rings. The molecule has 7 heteroatoms. The summed E-state index contributed by atoms with van der Waals surface area (Å²) < 4.78 is 1.61. The molecule has 2 aromatic rings. The Balaban J connectivity index is 1.41. The largest absolute Gasteiger partial charge is 0.355 e. The fraction of sp³-hybridized carbons (Fsp3) is 0.467. The van der Waals surface area contributed by atoms with Crippen molar-refractivity contribution in [2.45, 2.75) is 37.3 Å². The number of aromatic nitrogens is 4. The van der Waals surface area contributed by atoms with E-state index >= 15 is 0 Å². The molecule has 0 bridgehead atoms. The Bertz CT molecular complexity index is 648. The molecule has 6 nitrogen and oxygen atoms in total. The van der Waals surface area contributed by atoms with Crippen LogP contribution in [-0.2, 0) is 4.79 Å². The molecule has 0 radical (unpaired) electrons. The van der Waals surface area contributed by atoms with Crippen molar-refractivity contribution < 1.29 is 4.79 Å². The summed E-state index contributed by atoms with van der Waals surface area (Å²) in [6.45, 7) is 0.714. The second kappa shape index (κ2) is 7.40. The van der Waals surface area contributed by atoms with Gasteiger partial charge in [-0.3, -0.25) is 4.79 Å². The number of nitrogens with one attached hydrogen (secondary N) is 1. The normalized spacial score (nSPS) is 14.8. The number of hydrogen-bond donors (Lipinski definition) is 1. The number of hydrogen-bond acceptors (Lipinski definition) is 5. The zero-order valence-corrected chi connectivity index (χ0v) is 13.2. The van der Waals surface area contributed by atoms with Crippen molar-refractivity contribution in [3.63, 3.8) is 0 Å². The maximum absolute atomic E-state index is 11.8. The van der Waals surface area contributed by atoms with E-state index in [0.29, 0.717) is 23.2 Å². The molecule has 0 saturated heterocycles. The number of nitrogens with zero attached hydrogens (tertiary/aromatic N) is 4. The van der Waals surface area contributed by atoms with Crippen LogP contribution in [0.4, 0.5) is 0 Å². The first-order valence-electron chi connectivity index (χ1n) is 7.56. The first-order chi connectivity index (χ1) is 10.8. The van der Waals surface area contributed by atoms with Crippen molar-refractivity contribution in [1.29, 1.82) is 0 Å². The van der Waals surface area contributed by atoms with E-state index in [2.05, 4.69) is 26.5 Å². The first kappa shape index (κ1) is 15.0. The Hall–Kier alpha value is -1.89. The van der Waals surface area contributed by atoms with Gasteiger partial charge < -0.3 is 5.32 Å². The highest BCUT2D eigenvalue weighted by molar-refractivity contribution is 7.99. The van der Waals surface area contributed by atoms with E-state index in [4.69, 9.17) is 0 Å². The summed E-state index contributed by atoms with van der Waals surface area (Å²) in [4.78, 5) is 20.2. The molecule has 0 saturated carbocycles. The minimum absolute atomic E-state index is 0.0215. The molecule has 0 aromatic carbocycles. The highest BCUT2D eigenvalue weighted by atomic mass is 32.2. The number of allylic oxidation sites excluding steroid dienone is 1. The summed E-state index contributed by atoms with van der Waals surface area (Å²) >= 11 is 1.33. The van der Waals surface area contributed by atoms with E-state index in [-0.39, 0.29) is 5.91 Å². The van der Waals surface area contributed by atoms with Crippen LogP contribution in [0, 0.1) is 0 Å². The van der Waals surface area contributed by atoms with Gasteiger partial charge in [-0.15, -0.1) is 5.10 Å². The molecule has 0 unspecified atom stereocenters. The van der Waals surface area contributed by atoms with Gasteiger partial charge >= 0.3 is 0 Å². The van der Waals surface area contributed by atoms with Crippen molar-refractivity contribution in [2.75, 3.05) is 12.3 Å². The maximum Gasteiger partial charge on any atom is 0.253 e. The Morgan fingerprint density at radius 3 is 3.18 bits per heavy atom. The standard InChI is InChI=1S/C15H19N5OS/c21-13(16-9-7-12-5-2-1-3-6-12)11-22-15-18-14-17-8-4-10-20(14)19-15/h4-5,8,10H,1-3,6-7,9,11H2,(H,16,21). The van der Waals surface area contributed by atoms with Gasteiger partial charge in [0.2, 0.25) is 11.1 Å². The molecule has 0 aliphatic heterocycles. The molecule has 0 spiro atoms. The average Bonchev–Trinajstić information content (AvgIpc) is 2.97. The van der Waals surface area contributed by atoms with Crippen LogP contribution in [0.15, 0.2) is 35.3 Å². The third kappa shape index (κ3) is 4.07. The van der Waals surface area contributed by atoms with Crippen molar-refractivity contribution in [3.05, 3.63) is 30.1 Å². The number of carbonyl (C=O) groups is 1. The zero-order chi connectivity index (χ0) is 15.2. The second-order valence-corrected chi connectivity index (χ2v) is 6.20. The summed E-state index contributed by atoms with van der Waals surface area (Å²) in [6.07, 6.45) is 11.7. The van der Waals surface area contributed by atoms with Gasteiger partial charge in [-0.25, -0.2) is 9.50 Å². The number of amides is 1. The highest BCUT2D eigenvalue weighted by Crippen LogP contribution is 2.19. The monoisotopic (exact) mass is 317 g/mol. The van der Waals surface area contributed by atoms with Crippen molar-refractivity contribution >= 4 is 23.4 Å². The quantitative estimate of drug-likeness (QED) is 0.653. The summed E-state index contributed by atoms with van der Waals surface area (Å²) in [5.74, 6) is 0.901. The predicted molar refractivity (Wildman–Crippen MR) is 85.7 cm³/mol. The Morgan fingerprint density at radius 1 is 1.41 bits per heavy atom. The minimum atomic E-state index is 0.0215. The van der Waals surface area contributed by atoms with E-state index in [1.807, 2.05) is 0 Å². The third-order valence-corrected chi connectivity index (χ3v) is 4.42. The smallest absolute Gasteiger partial charge is 0.253 e. The van der Waals surface area contributed by atoms with Gasteiger partial charge in [0.15, 0.2) is 0 Å². The van der Waals surface area contributed by atoms with E-state index in [9.17, 15) is 4.79 Å². The SMILES string of the molecule is O=C(CSc1nc2ncccn2n1)NCCC1=CCCCC1. The van der Waals surface area contributed by atoms with E-state index in [1.54, 1.807) is 23.0 Å². The molecule has 0 fully saturated rings. The molecule has 116 valence electrons. The van der Waals surface area contributed by atoms with Crippen LogP contribution in [0.1, 0.15) is 32.1 Å². The Labute approximate surface area is 133 Å². The molecular formula is C15H19N5OS. The lowest BCUT2D eigenvalue weighted by Gasteiger charge is -2.12.